The molecule has 1 aliphatic heterocycles. The molecule has 5 nitrogen and oxygen atoms in total. The van der Waals surface area contributed by atoms with E-state index in [-0.39, 0.29) is 5.91 Å². The fourth-order valence-electron chi connectivity index (χ4n) is 3.74. The van der Waals surface area contributed by atoms with Crippen molar-refractivity contribution < 1.29 is 4.79 Å². The summed E-state index contributed by atoms with van der Waals surface area (Å²) < 4.78 is 0. The van der Waals surface area contributed by atoms with E-state index in [1.807, 2.05) is 62.1 Å². The maximum absolute atomic E-state index is 13.3. The maximum Gasteiger partial charge on any atom is 0.277 e. The number of aromatic nitrogens is 2. The second-order valence-corrected chi connectivity index (χ2v) is 7.30. The number of nitrogens with zero attached hydrogens (tertiary/aromatic N) is 3. The lowest BCUT2D eigenvalue weighted by Gasteiger charge is -2.29. The molecule has 0 saturated carbocycles. The Kier molecular flexibility index (Phi) is 4.82. The number of hydrogen-bond donors (Lipinski definition) is 1. The van der Waals surface area contributed by atoms with Crippen LogP contribution in [0.2, 0.25) is 0 Å². The predicted octanol–water partition coefficient (Wildman–Crippen LogP) is 4.74. The molecule has 1 amide bonds. The fraction of sp³-hybridized carbons (Fsp3) is 0.261. The van der Waals surface area contributed by atoms with Gasteiger partial charge in [0.25, 0.3) is 5.91 Å². The second-order valence-electron chi connectivity index (χ2n) is 7.30. The Morgan fingerprint density at radius 3 is 2.54 bits per heavy atom. The van der Waals surface area contributed by atoms with Gasteiger partial charge in [-0.1, -0.05) is 36.4 Å². The van der Waals surface area contributed by atoms with Crippen molar-refractivity contribution in [3.63, 3.8) is 0 Å². The second kappa shape index (κ2) is 7.43. The smallest absolute Gasteiger partial charge is 0.277 e. The Balaban J connectivity index is 1.67. The lowest BCUT2D eigenvalue weighted by Crippen LogP contribution is -2.36. The molecule has 3 aromatic rings. The van der Waals surface area contributed by atoms with E-state index >= 15 is 0 Å². The quantitative estimate of drug-likeness (QED) is 0.721. The highest BCUT2D eigenvalue weighted by atomic mass is 16.2. The summed E-state index contributed by atoms with van der Waals surface area (Å²) in [6, 6.07) is 16.0. The third kappa shape index (κ3) is 3.48. The van der Waals surface area contributed by atoms with Crippen LogP contribution < -0.4 is 10.2 Å². The number of nitrogens with one attached hydrogen (secondary N) is 1. The maximum atomic E-state index is 13.3. The molecule has 0 saturated heterocycles. The van der Waals surface area contributed by atoms with Crippen LogP contribution in [-0.4, -0.2) is 22.4 Å². The minimum absolute atomic E-state index is 0.0813. The molecule has 4 rings (SSSR count). The zero-order valence-electron chi connectivity index (χ0n) is 16.5. The molecule has 1 N–H and O–H groups in total. The van der Waals surface area contributed by atoms with Crippen molar-refractivity contribution in [2.45, 2.75) is 33.6 Å². The monoisotopic (exact) mass is 372 g/mol. The van der Waals surface area contributed by atoms with E-state index in [0.717, 1.165) is 41.0 Å². The van der Waals surface area contributed by atoms with Crippen molar-refractivity contribution in [3.8, 4) is 0 Å². The van der Waals surface area contributed by atoms with E-state index in [1.54, 1.807) is 6.07 Å². The van der Waals surface area contributed by atoms with Crippen molar-refractivity contribution in [2.75, 3.05) is 16.8 Å². The van der Waals surface area contributed by atoms with E-state index in [4.69, 9.17) is 0 Å². The van der Waals surface area contributed by atoms with E-state index in [0.29, 0.717) is 18.2 Å². The summed E-state index contributed by atoms with van der Waals surface area (Å²) in [5.74, 6) is 0.369. The van der Waals surface area contributed by atoms with E-state index in [9.17, 15) is 4.79 Å². The molecule has 0 bridgehead atoms. The average molecular weight is 372 g/mol. The van der Waals surface area contributed by atoms with Crippen LogP contribution in [0.1, 0.15) is 39.3 Å². The minimum Gasteiger partial charge on any atom is -0.324 e. The number of anilines is 3. The summed E-state index contributed by atoms with van der Waals surface area (Å²) in [4.78, 5) is 24.1. The molecule has 0 aliphatic carbocycles. The third-order valence-electron chi connectivity index (χ3n) is 5.15. The van der Waals surface area contributed by atoms with Gasteiger partial charge in [-0.2, -0.15) is 0 Å². The van der Waals surface area contributed by atoms with Crippen LogP contribution in [0.3, 0.4) is 0 Å². The number of carbonyl (C=O) groups excluding carboxylic acids is 1. The van der Waals surface area contributed by atoms with Gasteiger partial charge in [0.05, 0.1) is 0 Å². The van der Waals surface area contributed by atoms with Gasteiger partial charge in [0.2, 0.25) is 5.95 Å². The van der Waals surface area contributed by atoms with Crippen molar-refractivity contribution >= 4 is 23.2 Å². The van der Waals surface area contributed by atoms with Crippen LogP contribution in [0.5, 0.6) is 0 Å². The van der Waals surface area contributed by atoms with Gasteiger partial charge in [0.15, 0.2) is 0 Å². The number of fused-ring (bicyclic) bond motifs is 1. The Morgan fingerprint density at radius 1 is 1.00 bits per heavy atom. The molecule has 142 valence electrons. The van der Waals surface area contributed by atoms with Crippen molar-refractivity contribution in [1.82, 2.24) is 9.97 Å². The summed E-state index contributed by atoms with van der Waals surface area (Å²) in [5.41, 5.74) is 6.58. The summed E-state index contributed by atoms with van der Waals surface area (Å²) in [5, 5.41) is 3.31. The molecule has 0 radical (unpaired) electrons. The summed E-state index contributed by atoms with van der Waals surface area (Å²) in [7, 11) is 0. The molecule has 0 atom stereocenters. The lowest BCUT2D eigenvalue weighted by atomic mass is 10.0. The number of benzene rings is 2. The number of para-hydroxylation sites is 2. The highest BCUT2D eigenvalue weighted by Gasteiger charge is 2.25. The average Bonchev–Trinajstić information content (AvgIpc) is 2.69. The molecule has 1 aromatic heterocycles. The number of amides is 1. The highest BCUT2D eigenvalue weighted by molar-refractivity contribution is 6.05. The van der Waals surface area contributed by atoms with Gasteiger partial charge in [-0.15, -0.1) is 0 Å². The first-order valence-corrected chi connectivity index (χ1v) is 9.61. The molecule has 2 heterocycles. The van der Waals surface area contributed by atoms with Crippen LogP contribution in [0.15, 0.2) is 48.5 Å². The normalized spacial score (nSPS) is 13.2. The van der Waals surface area contributed by atoms with Crippen molar-refractivity contribution in [3.05, 3.63) is 76.6 Å². The molecule has 0 fully saturated rings. The first-order chi connectivity index (χ1) is 13.5. The zero-order chi connectivity index (χ0) is 19.7. The molecule has 5 heteroatoms. The molecule has 1 aliphatic rings. The van der Waals surface area contributed by atoms with E-state index < -0.39 is 0 Å². The Morgan fingerprint density at radius 2 is 1.75 bits per heavy atom. The number of rotatable bonds is 3. The first-order valence-electron chi connectivity index (χ1n) is 9.61. The van der Waals surface area contributed by atoms with E-state index in [1.165, 1.54) is 5.56 Å². The zero-order valence-corrected chi connectivity index (χ0v) is 16.5. The van der Waals surface area contributed by atoms with Crippen molar-refractivity contribution in [2.24, 2.45) is 0 Å². The lowest BCUT2D eigenvalue weighted by molar-refractivity contribution is 0.0980. The largest absolute Gasteiger partial charge is 0.324 e. The molecular formula is C23H24N4O. The third-order valence-corrected chi connectivity index (χ3v) is 5.15. The SMILES string of the molecule is Cc1cc(C(=O)N2CCCc3ccccc32)nc(Nc2c(C)cccc2C)n1. The van der Waals surface area contributed by atoms with Crippen LogP contribution in [0, 0.1) is 20.8 Å². The summed E-state index contributed by atoms with van der Waals surface area (Å²) >= 11 is 0. The topological polar surface area (TPSA) is 58.1 Å². The molecule has 2 aromatic carbocycles. The van der Waals surface area contributed by atoms with Crippen LogP contribution in [0.25, 0.3) is 0 Å². The van der Waals surface area contributed by atoms with Gasteiger partial charge in [-0.3, -0.25) is 4.79 Å². The number of carbonyl (C=O) groups is 1. The Labute approximate surface area is 165 Å². The standard InChI is InChI=1S/C23H24N4O/c1-15-8-6-9-16(2)21(15)26-23-24-17(3)14-19(25-23)22(28)27-13-7-11-18-10-4-5-12-20(18)27/h4-6,8-10,12,14H,7,11,13H2,1-3H3,(H,24,25,26). The number of hydrogen-bond acceptors (Lipinski definition) is 4. The molecular weight excluding hydrogens is 348 g/mol. The summed E-state index contributed by atoms with van der Waals surface area (Å²) in [6.07, 6.45) is 1.96. The minimum atomic E-state index is -0.0813. The Bertz CT molecular complexity index is 1020. The summed E-state index contributed by atoms with van der Waals surface area (Å²) in [6.45, 7) is 6.68. The molecule has 0 unspecified atom stereocenters. The van der Waals surface area contributed by atoms with Gasteiger partial charge in [-0.05, 0) is 62.4 Å². The van der Waals surface area contributed by atoms with Crippen molar-refractivity contribution in [1.29, 1.82) is 0 Å². The molecule has 28 heavy (non-hydrogen) atoms. The Hall–Kier alpha value is -3.21. The molecule has 0 spiro atoms. The van der Waals surface area contributed by atoms with Gasteiger partial charge in [0, 0.05) is 23.6 Å². The van der Waals surface area contributed by atoms with Gasteiger partial charge in [-0.25, -0.2) is 9.97 Å². The van der Waals surface area contributed by atoms with Gasteiger partial charge >= 0.3 is 0 Å². The first kappa shape index (κ1) is 18.2. The predicted molar refractivity (Wildman–Crippen MR) is 112 cm³/mol. The fourth-order valence-corrected chi connectivity index (χ4v) is 3.74. The van der Waals surface area contributed by atoms with E-state index in [2.05, 4.69) is 21.4 Å². The van der Waals surface area contributed by atoms with Gasteiger partial charge in [0.1, 0.15) is 5.69 Å². The van der Waals surface area contributed by atoms with Crippen LogP contribution in [-0.2, 0) is 6.42 Å². The number of aryl methyl sites for hydroxylation is 4. The highest BCUT2D eigenvalue weighted by Crippen LogP contribution is 2.28. The van der Waals surface area contributed by atoms with Crippen LogP contribution in [0.4, 0.5) is 17.3 Å². The van der Waals surface area contributed by atoms with Gasteiger partial charge < -0.3 is 10.2 Å². The van der Waals surface area contributed by atoms with Crippen LogP contribution >= 0.6 is 0 Å².